The molecule has 1 aromatic rings. The second-order valence-electron chi connectivity index (χ2n) is 5.78. The number of piperidine rings is 1. The van der Waals surface area contributed by atoms with E-state index in [1.54, 1.807) is 26.4 Å². The lowest BCUT2D eigenvalue weighted by Crippen LogP contribution is -2.34. The molecule has 0 saturated carbocycles. The molecule has 116 valence electrons. The van der Waals surface area contributed by atoms with Gasteiger partial charge in [0.1, 0.15) is 0 Å². The molecule has 21 heavy (non-hydrogen) atoms. The predicted molar refractivity (Wildman–Crippen MR) is 83.3 cm³/mol. The number of Topliss-reactive ketones (excluding diaryl/α,β-unsaturated/α-hetero) is 1. The maximum atomic E-state index is 12.4. The number of hydrogen-bond acceptors (Lipinski definition) is 4. The summed E-state index contributed by atoms with van der Waals surface area (Å²) in [4.78, 5) is 12.4. The van der Waals surface area contributed by atoms with Gasteiger partial charge in [0.15, 0.2) is 17.3 Å². The fourth-order valence-electron chi connectivity index (χ4n) is 2.95. The first-order valence-electron chi connectivity index (χ1n) is 7.61. The number of carbonyl (C=O) groups excluding carboxylic acids is 1. The van der Waals surface area contributed by atoms with Gasteiger partial charge in [0.2, 0.25) is 0 Å². The fraction of sp³-hybridized carbons (Fsp3) is 0.588. The molecule has 1 N–H and O–H groups in total. The van der Waals surface area contributed by atoms with Crippen molar-refractivity contribution in [3.8, 4) is 11.5 Å². The first-order valence-corrected chi connectivity index (χ1v) is 7.61. The van der Waals surface area contributed by atoms with E-state index in [0.717, 1.165) is 13.1 Å². The molecule has 2 unspecified atom stereocenters. The van der Waals surface area contributed by atoms with Crippen molar-refractivity contribution in [2.45, 2.75) is 26.2 Å². The Labute approximate surface area is 126 Å². The maximum Gasteiger partial charge on any atom is 0.163 e. The number of carbonyl (C=O) groups is 1. The highest BCUT2D eigenvalue weighted by atomic mass is 16.5. The lowest BCUT2D eigenvalue weighted by molar-refractivity contribution is 0.0942. The molecule has 4 nitrogen and oxygen atoms in total. The van der Waals surface area contributed by atoms with Crippen LogP contribution in [0, 0.1) is 11.8 Å². The van der Waals surface area contributed by atoms with Crippen LogP contribution in [0.3, 0.4) is 0 Å². The molecule has 1 heterocycles. The molecule has 0 amide bonds. The van der Waals surface area contributed by atoms with Crippen LogP contribution in [0.4, 0.5) is 0 Å². The van der Waals surface area contributed by atoms with Crippen molar-refractivity contribution >= 4 is 5.78 Å². The van der Waals surface area contributed by atoms with Crippen LogP contribution in [0.1, 0.15) is 36.5 Å². The van der Waals surface area contributed by atoms with Crippen molar-refractivity contribution in [2.24, 2.45) is 11.8 Å². The van der Waals surface area contributed by atoms with Gasteiger partial charge in [-0.1, -0.05) is 6.92 Å². The van der Waals surface area contributed by atoms with E-state index in [1.807, 2.05) is 6.07 Å². The second kappa shape index (κ2) is 7.46. The Morgan fingerprint density at radius 1 is 1.33 bits per heavy atom. The molecular weight excluding hydrogens is 266 g/mol. The Bertz CT molecular complexity index is 481. The minimum absolute atomic E-state index is 0.175. The van der Waals surface area contributed by atoms with E-state index < -0.39 is 0 Å². The smallest absolute Gasteiger partial charge is 0.163 e. The van der Waals surface area contributed by atoms with Gasteiger partial charge in [-0.05, 0) is 56.0 Å². The van der Waals surface area contributed by atoms with Gasteiger partial charge < -0.3 is 14.8 Å². The maximum absolute atomic E-state index is 12.4. The predicted octanol–water partition coefficient (Wildman–Crippen LogP) is 2.91. The molecule has 0 spiro atoms. The highest BCUT2D eigenvalue weighted by Crippen LogP contribution is 2.29. The Balaban J connectivity index is 2.02. The molecule has 1 aliphatic rings. The summed E-state index contributed by atoms with van der Waals surface area (Å²) in [5.41, 5.74) is 0.697. The quantitative estimate of drug-likeness (QED) is 0.819. The van der Waals surface area contributed by atoms with Crippen molar-refractivity contribution in [1.29, 1.82) is 0 Å². The summed E-state index contributed by atoms with van der Waals surface area (Å²) in [6.07, 6.45) is 3.01. The molecule has 1 aliphatic heterocycles. The highest BCUT2D eigenvalue weighted by Gasteiger charge is 2.23. The molecule has 1 fully saturated rings. The molecular formula is C17H25NO3. The van der Waals surface area contributed by atoms with Gasteiger partial charge in [0.25, 0.3) is 0 Å². The zero-order chi connectivity index (χ0) is 15.2. The lowest BCUT2D eigenvalue weighted by atomic mass is 9.83. The van der Waals surface area contributed by atoms with Crippen molar-refractivity contribution < 1.29 is 14.3 Å². The standard InChI is InChI=1S/C17H25NO3/c1-12(14-5-4-8-18-11-14)9-15(19)13-6-7-16(20-2)17(10-13)21-3/h6-7,10,12,14,18H,4-5,8-9,11H2,1-3H3. The van der Waals surface area contributed by atoms with E-state index in [2.05, 4.69) is 12.2 Å². The van der Waals surface area contributed by atoms with Crippen LogP contribution in [0.2, 0.25) is 0 Å². The summed E-state index contributed by atoms with van der Waals surface area (Å²) < 4.78 is 10.5. The van der Waals surface area contributed by atoms with Gasteiger partial charge in [0.05, 0.1) is 14.2 Å². The molecule has 2 atom stereocenters. The van der Waals surface area contributed by atoms with Gasteiger partial charge >= 0.3 is 0 Å². The van der Waals surface area contributed by atoms with Crippen LogP contribution < -0.4 is 14.8 Å². The molecule has 4 heteroatoms. The van der Waals surface area contributed by atoms with Crippen LogP contribution in [0.25, 0.3) is 0 Å². The summed E-state index contributed by atoms with van der Waals surface area (Å²) in [6, 6.07) is 5.38. The van der Waals surface area contributed by atoms with Gasteiger partial charge in [0, 0.05) is 12.0 Å². The van der Waals surface area contributed by atoms with Gasteiger partial charge in [-0.2, -0.15) is 0 Å². The SMILES string of the molecule is COc1ccc(C(=O)CC(C)C2CCCNC2)cc1OC. The van der Waals surface area contributed by atoms with Crippen molar-refractivity contribution in [3.63, 3.8) is 0 Å². The van der Waals surface area contributed by atoms with Crippen molar-refractivity contribution in [3.05, 3.63) is 23.8 Å². The van der Waals surface area contributed by atoms with E-state index >= 15 is 0 Å². The minimum Gasteiger partial charge on any atom is -0.493 e. The Morgan fingerprint density at radius 3 is 2.71 bits per heavy atom. The van der Waals surface area contributed by atoms with Crippen LogP contribution >= 0.6 is 0 Å². The van der Waals surface area contributed by atoms with Crippen molar-refractivity contribution in [1.82, 2.24) is 5.32 Å². The third-order valence-electron chi connectivity index (χ3n) is 4.35. The zero-order valence-corrected chi connectivity index (χ0v) is 13.1. The first kappa shape index (κ1) is 15.8. The number of hydrogen-bond donors (Lipinski definition) is 1. The van der Waals surface area contributed by atoms with E-state index in [0.29, 0.717) is 35.3 Å². The number of methoxy groups -OCH3 is 2. The lowest BCUT2D eigenvalue weighted by Gasteiger charge is -2.28. The average molecular weight is 291 g/mol. The normalized spacial score (nSPS) is 19.9. The third kappa shape index (κ3) is 3.97. The van der Waals surface area contributed by atoms with Gasteiger partial charge in [-0.25, -0.2) is 0 Å². The highest BCUT2D eigenvalue weighted by molar-refractivity contribution is 5.96. The molecule has 0 radical (unpaired) electrons. The summed E-state index contributed by atoms with van der Waals surface area (Å²) in [5.74, 6) is 2.43. The Hall–Kier alpha value is -1.55. The van der Waals surface area contributed by atoms with E-state index in [9.17, 15) is 4.79 Å². The van der Waals surface area contributed by atoms with Gasteiger partial charge in [-0.15, -0.1) is 0 Å². The summed E-state index contributed by atoms with van der Waals surface area (Å²) in [7, 11) is 3.18. The van der Waals surface area contributed by atoms with E-state index in [-0.39, 0.29) is 5.78 Å². The summed E-state index contributed by atoms with van der Waals surface area (Å²) in [6.45, 7) is 4.31. The number of benzene rings is 1. The zero-order valence-electron chi connectivity index (χ0n) is 13.1. The second-order valence-corrected chi connectivity index (χ2v) is 5.78. The van der Waals surface area contributed by atoms with Gasteiger partial charge in [-0.3, -0.25) is 4.79 Å². The topological polar surface area (TPSA) is 47.6 Å². The number of rotatable bonds is 6. The van der Waals surface area contributed by atoms with Crippen LogP contribution in [0.5, 0.6) is 11.5 Å². The molecule has 1 aromatic carbocycles. The van der Waals surface area contributed by atoms with Crippen LogP contribution in [-0.2, 0) is 0 Å². The monoisotopic (exact) mass is 291 g/mol. The fourth-order valence-corrected chi connectivity index (χ4v) is 2.95. The molecule has 1 saturated heterocycles. The number of nitrogens with one attached hydrogen (secondary N) is 1. The van der Waals surface area contributed by atoms with Crippen LogP contribution in [0.15, 0.2) is 18.2 Å². The molecule has 0 aliphatic carbocycles. The number of ketones is 1. The van der Waals surface area contributed by atoms with E-state index in [1.165, 1.54) is 12.8 Å². The third-order valence-corrected chi connectivity index (χ3v) is 4.35. The Kier molecular flexibility index (Phi) is 5.62. The average Bonchev–Trinajstić information content (AvgIpc) is 2.54. The summed E-state index contributed by atoms with van der Waals surface area (Å²) in [5, 5.41) is 3.41. The van der Waals surface area contributed by atoms with Crippen molar-refractivity contribution in [2.75, 3.05) is 27.3 Å². The number of ether oxygens (including phenoxy) is 2. The first-order chi connectivity index (χ1) is 10.2. The minimum atomic E-state index is 0.175. The summed E-state index contributed by atoms with van der Waals surface area (Å²) >= 11 is 0. The molecule has 2 rings (SSSR count). The molecule has 0 aromatic heterocycles. The Morgan fingerprint density at radius 2 is 2.10 bits per heavy atom. The largest absolute Gasteiger partial charge is 0.493 e. The molecule has 0 bridgehead atoms. The van der Waals surface area contributed by atoms with Crippen LogP contribution in [-0.4, -0.2) is 33.1 Å². The van der Waals surface area contributed by atoms with E-state index in [4.69, 9.17) is 9.47 Å².